The first-order valence-corrected chi connectivity index (χ1v) is 5.36. The molecule has 0 spiro atoms. The lowest BCUT2D eigenvalue weighted by atomic mass is 10.1. The van der Waals surface area contributed by atoms with Crippen LogP contribution in [-0.2, 0) is 4.79 Å². The van der Waals surface area contributed by atoms with E-state index in [2.05, 4.69) is 0 Å². The highest BCUT2D eigenvalue weighted by atomic mass is 35.5. The fourth-order valence-corrected chi connectivity index (χ4v) is 1.49. The Morgan fingerprint density at radius 2 is 2.13 bits per heavy atom. The van der Waals surface area contributed by atoms with Gasteiger partial charge in [-0.15, -0.1) is 0 Å². The Morgan fingerprint density at radius 1 is 1.47 bits per heavy atom. The molecule has 0 fully saturated rings. The monoisotopic (exact) mass is 226 g/mol. The van der Waals surface area contributed by atoms with Gasteiger partial charge in [-0.05, 0) is 49.1 Å². The topological polar surface area (TPSA) is 26.3 Å². The molecule has 15 heavy (non-hydrogen) atoms. The van der Waals surface area contributed by atoms with Gasteiger partial charge in [0.2, 0.25) is 0 Å². The van der Waals surface area contributed by atoms with E-state index < -0.39 is 11.3 Å². The Labute approximate surface area is 95.2 Å². The molecule has 82 valence electrons. The highest BCUT2D eigenvalue weighted by Gasteiger charge is 2.16. The maximum absolute atomic E-state index is 11.0. The lowest BCUT2D eigenvalue weighted by Gasteiger charge is -2.16. The van der Waals surface area contributed by atoms with Crippen LogP contribution in [0.3, 0.4) is 0 Å². The Kier molecular flexibility index (Phi) is 4.15. The summed E-state index contributed by atoms with van der Waals surface area (Å²) in [7, 11) is 0. The lowest BCUT2D eigenvalue weighted by molar-refractivity contribution is -0.117. The Bertz CT molecular complexity index is 361. The van der Waals surface area contributed by atoms with Crippen LogP contribution in [-0.4, -0.2) is 11.3 Å². The number of benzene rings is 1. The summed E-state index contributed by atoms with van der Waals surface area (Å²) in [5, 5.41) is -0.446. The van der Waals surface area contributed by atoms with Crippen molar-refractivity contribution in [1.82, 2.24) is 0 Å². The van der Waals surface area contributed by atoms with E-state index >= 15 is 0 Å². The smallest absolute Gasteiger partial charge is 0.262 e. The van der Waals surface area contributed by atoms with E-state index in [0.29, 0.717) is 6.42 Å². The van der Waals surface area contributed by atoms with Crippen molar-refractivity contribution in [2.24, 2.45) is 0 Å². The average Bonchev–Trinajstić information content (AvgIpc) is 2.19. The molecule has 0 aliphatic rings. The molecular formula is C12H15ClO2. The zero-order valence-electron chi connectivity index (χ0n) is 9.21. The van der Waals surface area contributed by atoms with Crippen molar-refractivity contribution in [3.8, 4) is 5.75 Å². The van der Waals surface area contributed by atoms with Gasteiger partial charge in [0, 0.05) is 0 Å². The molecule has 0 aromatic heterocycles. The van der Waals surface area contributed by atoms with Crippen LogP contribution >= 0.6 is 11.6 Å². The second kappa shape index (κ2) is 5.17. The number of aryl methyl sites for hydroxylation is 1. The number of carbonyl (C=O) groups excluding carboxylic acids is 1. The third-order valence-corrected chi connectivity index (χ3v) is 2.69. The summed E-state index contributed by atoms with van der Waals surface area (Å²) in [6, 6.07) is 5.76. The van der Waals surface area contributed by atoms with Gasteiger partial charge < -0.3 is 4.74 Å². The van der Waals surface area contributed by atoms with Gasteiger partial charge in [0.05, 0.1) is 0 Å². The van der Waals surface area contributed by atoms with Gasteiger partial charge in [-0.25, -0.2) is 0 Å². The summed E-state index contributed by atoms with van der Waals surface area (Å²) in [5.74, 6) is 0.732. The standard InChI is InChI=1S/C12H15ClO2/c1-4-10(12(13)14)15-11-7-5-6-8(2)9(11)3/h5-7,10H,4H2,1-3H3/t10-/m0/s1. The van der Waals surface area contributed by atoms with E-state index in [-0.39, 0.29) is 0 Å². The fourth-order valence-electron chi connectivity index (χ4n) is 1.30. The first-order chi connectivity index (χ1) is 7.06. The minimum atomic E-state index is -0.549. The number of halogens is 1. The van der Waals surface area contributed by atoms with Gasteiger partial charge in [0.25, 0.3) is 5.24 Å². The summed E-state index contributed by atoms with van der Waals surface area (Å²) < 4.78 is 5.56. The molecule has 0 aliphatic carbocycles. The van der Waals surface area contributed by atoms with Crippen molar-refractivity contribution in [1.29, 1.82) is 0 Å². The van der Waals surface area contributed by atoms with Gasteiger partial charge in [-0.1, -0.05) is 19.1 Å². The van der Waals surface area contributed by atoms with Gasteiger partial charge in [-0.3, -0.25) is 4.79 Å². The predicted molar refractivity (Wildman–Crippen MR) is 61.5 cm³/mol. The lowest BCUT2D eigenvalue weighted by Crippen LogP contribution is -2.22. The van der Waals surface area contributed by atoms with Gasteiger partial charge in [0.1, 0.15) is 5.75 Å². The molecule has 0 aliphatic heterocycles. The molecular weight excluding hydrogens is 212 g/mol. The molecule has 1 rings (SSSR count). The Morgan fingerprint density at radius 3 is 2.67 bits per heavy atom. The minimum Gasteiger partial charge on any atom is -0.481 e. The molecule has 1 atom stereocenters. The molecule has 0 heterocycles. The molecule has 1 aromatic rings. The molecule has 0 bridgehead atoms. The number of ether oxygens (including phenoxy) is 1. The van der Waals surface area contributed by atoms with Crippen LogP contribution in [0.25, 0.3) is 0 Å². The average molecular weight is 227 g/mol. The molecule has 0 radical (unpaired) electrons. The van der Waals surface area contributed by atoms with Crippen molar-refractivity contribution in [3.05, 3.63) is 29.3 Å². The molecule has 0 unspecified atom stereocenters. The van der Waals surface area contributed by atoms with Crippen molar-refractivity contribution >= 4 is 16.8 Å². The number of rotatable bonds is 4. The third-order valence-electron chi connectivity index (χ3n) is 2.45. The first-order valence-electron chi connectivity index (χ1n) is 4.98. The van der Waals surface area contributed by atoms with Crippen molar-refractivity contribution in [2.45, 2.75) is 33.3 Å². The van der Waals surface area contributed by atoms with E-state index in [4.69, 9.17) is 16.3 Å². The second-order valence-electron chi connectivity index (χ2n) is 3.52. The fraction of sp³-hybridized carbons (Fsp3) is 0.417. The van der Waals surface area contributed by atoms with Gasteiger partial charge in [-0.2, -0.15) is 0 Å². The summed E-state index contributed by atoms with van der Waals surface area (Å²) >= 11 is 5.42. The van der Waals surface area contributed by atoms with Gasteiger partial charge >= 0.3 is 0 Å². The Balaban J connectivity index is 2.88. The van der Waals surface area contributed by atoms with Crippen LogP contribution in [0.2, 0.25) is 0 Å². The highest BCUT2D eigenvalue weighted by Crippen LogP contribution is 2.22. The third kappa shape index (κ3) is 2.96. The minimum absolute atomic E-state index is 0.446. The molecule has 0 N–H and O–H groups in total. The molecule has 0 amide bonds. The molecule has 0 saturated heterocycles. The van der Waals surface area contributed by atoms with Crippen molar-refractivity contribution in [3.63, 3.8) is 0 Å². The summed E-state index contributed by atoms with van der Waals surface area (Å²) in [4.78, 5) is 11.0. The van der Waals surface area contributed by atoms with Crippen LogP contribution in [0.1, 0.15) is 24.5 Å². The molecule has 2 nitrogen and oxygen atoms in total. The highest BCUT2D eigenvalue weighted by molar-refractivity contribution is 6.64. The van der Waals surface area contributed by atoms with E-state index in [1.807, 2.05) is 39.0 Å². The summed E-state index contributed by atoms with van der Waals surface area (Å²) in [6.45, 7) is 5.85. The van der Waals surface area contributed by atoms with Crippen LogP contribution in [0.5, 0.6) is 5.75 Å². The maximum atomic E-state index is 11.0. The number of hydrogen-bond acceptors (Lipinski definition) is 2. The van der Waals surface area contributed by atoms with Gasteiger partial charge in [0.15, 0.2) is 6.10 Å². The van der Waals surface area contributed by atoms with Crippen LogP contribution in [0.4, 0.5) is 0 Å². The molecule has 3 heteroatoms. The largest absolute Gasteiger partial charge is 0.481 e. The zero-order valence-corrected chi connectivity index (χ0v) is 9.97. The number of carbonyl (C=O) groups is 1. The first kappa shape index (κ1) is 12.1. The molecule has 0 saturated carbocycles. The van der Waals surface area contributed by atoms with Crippen molar-refractivity contribution in [2.75, 3.05) is 0 Å². The molecule has 1 aromatic carbocycles. The zero-order chi connectivity index (χ0) is 11.4. The van der Waals surface area contributed by atoms with E-state index in [0.717, 1.165) is 16.9 Å². The van der Waals surface area contributed by atoms with E-state index in [1.165, 1.54) is 0 Å². The second-order valence-corrected chi connectivity index (χ2v) is 3.89. The Hall–Kier alpha value is -1.02. The summed E-state index contributed by atoms with van der Waals surface area (Å²) in [6.07, 6.45) is 0.0302. The van der Waals surface area contributed by atoms with Crippen LogP contribution in [0, 0.1) is 13.8 Å². The van der Waals surface area contributed by atoms with Crippen LogP contribution in [0.15, 0.2) is 18.2 Å². The van der Waals surface area contributed by atoms with Crippen LogP contribution < -0.4 is 4.74 Å². The van der Waals surface area contributed by atoms with E-state index in [1.54, 1.807) is 0 Å². The quantitative estimate of drug-likeness (QED) is 0.737. The maximum Gasteiger partial charge on any atom is 0.262 e. The SMILES string of the molecule is CC[C@H](Oc1cccc(C)c1C)C(=O)Cl. The summed E-state index contributed by atoms with van der Waals surface area (Å²) in [5.41, 5.74) is 2.19. The number of hydrogen-bond donors (Lipinski definition) is 0. The van der Waals surface area contributed by atoms with Crippen molar-refractivity contribution < 1.29 is 9.53 Å². The predicted octanol–water partition coefficient (Wildman–Crippen LogP) is 3.23. The normalized spacial score (nSPS) is 12.3. The van der Waals surface area contributed by atoms with E-state index in [9.17, 15) is 4.79 Å².